The summed E-state index contributed by atoms with van der Waals surface area (Å²) < 4.78 is 5.33. The number of nitro groups is 1. The largest absolute Gasteiger partial charge is 0.378 e. The molecule has 0 bridgehead atoms. The van der Waals surface area contributed by atoms with Gasteiger partial charge < -0.3 is 15.0 Å². The first-order valence-corrected chi connectivity index (χ1v) is 8.42. The smallest absolute Gasteiger partial charge is 0.270 e. The van der Waals surface area contributed by atoms with Crippen LogP contribution < -0.4 is 10.2 Å². The van der Waals surface area contributed by atoms with E-state index in [9.17, 15) is 14.9 Å². The van der Waals surface area contributed by atoms with Crippen molar-refractivity contribution < 1.29 is 14.5 Å². The van der Waals surface area contributed by atoms with Gasteiger partial charge in [0.15, 0.2) is 0 Å². The van der Waals surface area contributed by atoms with Crippen LogP contribution in [0.5, 0.6) is 0 Å². The van der Waals surface area contributed by atoms with E-state index in [-0.39, 0.29) is 23.7 Å². The quantitative estimate of drug-likeness (QED) is 0.489. The SMILES string of the molecule is O=C(NCc1ccc(Cl)nc1)c1cc([N+](=O)[O-])ccc1N1CCOCC1. The highest BCUT2D eigenvalue weighted by Crippen LogP contribution is 2.26. The third-order valence-corrected chi connectivity index (χ3v) is 4.25. The maximum Gasteiger partial charge on any atom is 0.270 e. The Morgan fingerprint density at radius 2 is 2.08 bits per heavy atom. The van der Waals surface area contributed by atoms with Gasteiger partial charge in [0.1, 0.15) is 5.15 Å². The molecule has 2 heterocycles. The van der Waals surface area contributed by atoms with Gasteiger partial charge in [-0.05, 0) is 17.7 Å². The van der Waals surface area contributed by atoms with Gasteiger partial charge in [-0.3, -0.25) is 14.9 Å². The van der Waals surface area contributed by atoms with Crippen molar-refractivity contribution >= 4 is 28.9 Å². The van der Waals surface area contributed by atoms with Gasteiger partial charge in [0.05, 0.1) is 29.4 Å². The predicted octanol–water partition coefficient (Wildman–Crippen LogP) is 2.41. The molecule has 0 atom stereocenters. The molecular formula is C17H17ClN4O4. The molecule has 3 rings (SSSR count). The van der Waals surface area contributed by atoms with E-state index in [0.29, 0.717) is 37.1 Å². The Morgan fingerprint density at radius 3 is 2.73 bits per heavy atom. The fraction of sp³-hybridized carbons (Fsp3) is 0.294. The minimum absolute atomic E-state index is 0.125. The van der Waals surface area contributed by atoms with Crippen molar-refractivity contribution in [3.8, 4) is 0 Å². The Labute approximate surface area is 154 Å². The van der Waals surface area contributed by atoms with Crippen LogP contribution in [0.4, 0.5) is 11.4 Å². The van der Waals surface area contributed by atoms with E-state index in [0.717, 1.165) is 5.56 Å². The number of hydrogen-bond acceptors (Lipinski definition) is 6. The number of benzene rings is 1. The highest BCUT2D eigenvalue weighted by atomic mass is 35.5. The Bertz CT molecular complexity index is 807. The average Bonchev–Trinajstić information content (AvgIpc) is 2.67. The normalized spacial score (nSPS) is 14.1. The molecular weight excluding hydrogens is 360 g/mol. The van der Waals surface area contributed by atoms with Crippen molar-refractivity contribution in [1.29, 1.82) is 0 Å². The lowest BCUT2D eigenvalue weighted by molar-refractivity contribution is -0.384. The molecule has 8 nitrogen and oxygen atoms in total. The average molecular weight is 377 g/mol. The number of carbonyl (C=O) groups excluding carboxylic acids is 1. The van der Waals surface area contributed by atoms with Crippen molar-refractivity contribution in [2.24, 2.45) is 0 Å². The zero-order valence-corrected chi connectivity index (χ0v) is 14.6. The van der Waals surface area contributed by atoms with E-state index in [1.807, 2.05) is 4.90 Å². The number of rotatable bonds is 5. The van der Waals surface area contributed by atoms with Gasteiger partial charge >= 0.3 is 0 Å². The fourth-order valence-electron chi connectivity index (χ4n) is 2.69. The zero-order chi connectivity index (χ0) is 18.5. The van der Waals surface area contributed by atoms with Gasteiger partial charge in [-0.2, -0.15) is 0 Å². The molecule has 1 aromatic heterocycles. The van der Waals surface area contributed by atoms with E-state index >= 15 is 0 Å². The Hall–Kier alpha value is -2.71. The number of morpholine rings is 1. The second-order valence-corrected chi connectivity index (χ2v) is 6.12. The molecule has 1 N–H and O–H groups in total. The summed E-state index contributed by atoms with van der Waals surface area (Å²) in [4.78, 5) is 29.2. The molecule has 1 fully saturated rings. The second-order valence-electron chi connectivity index (χ2n) is 5.73. The number of ether oxygens (including phenoxy) is 1. The summed E-state index contributed by atoms with van der Waals surface area (Å²) >= 11 is 5.75. The number of non-ortho nitro benzene ring substituents is 1. The number of nitrogens with one attached hydrogen (secondary N) is 1. The van der Waals surface area contributed by atoms with E-state index in [4.69, 9.17) is 16.3 Å². The molecule has 136 valence electrons. The summed E-state index contributed by atoms with van der Waals surface area (Å²) in [7, 11) is 0. The summed E-state index contributed by atoms with van der Waals surface area (Å²) in [5, 5.41) is 14.2. The van der Waals surface area contributed by atoms with Crippen molar-refractivity contribution in [1.82, 2.24) is 10.3 Å². The number of halogens is 1. The maximum atomic E-state index is 12.7. The van der Waals surface area contributed by atoms with Crippen LogP contribution in [0.1, 0.15) is 15.9 Å². The van der Waals surface area contributed by atoms with E-state index in [1.165, 1.54) is 12.1 Å². The lowest BCUT2D eigenvalue weighted by Gasteiger charge is -2.30. The molecule has 26 heavy (non-hydrogen) atoms. The van der Waals surface area contributed by atoms with Gasteiger partial charge in [-0.1, -0.05) is 17.7 Å². The minimum atomic E-state index is -0.511. The molecule has 2 aromatic rings. The lowest BCUT2D eigenvalue weighted by Crippen LogP contribution is -2.38. The number of anilines is 1. The first-order chi connectivity index (χ1) is 12.5. The lowest BCUT2D eigenvalue weighted by atomic mass is 10.1. The van der Waals surface area contributed by atoms with Crippen molar-refractivity contribution in [3.63, 3.8) is 0 Å². The summed E-state index contributed by atoms with van der Waals surface area (Å²) in [5.74, 6) is -0.384. The first kappa shape index (κ1) is 18.1. The van der Waals surface area contributed by atoms with Gasteiger partial charge in [0.25, 0.3) is 11.6 Å². The Morgan fingerprint density at radius 1 is 1.31 bits per heavy atom. The standard InChI is InChI=1S/C17H17ClN4O4/c18-16-4-1-12(10-19-16)11-20-17(23)14-9-13(22(24)25)2-3-15(14)21-5-7-26-8-6-21/h1-4,9-10H,5-8,11H2,(H,20,23). The summed E-state index contributed by atoms with van der Waals surface area (Å²) in [6, 6.07) is 7.72. The first-order valence-electron chi connectivity index (χ1n) is 8.04. The summed E-state index contributed by atoms with van der Waals surface area (Å²) in [5.41, 5.74) is 1.58. The Kier molecular flexibility index (Phi) is 5.65. The number of hydrogen-bond donors (Lipinski definition) is 1. The highest BCUT2D eigenvalue weighted by Gasteiger charge is 2.22. The van der Waals surface area contributed by atoms with Crippen LogP contribution in [0.2, 0.25) is 5.15 Å². The Balaban J connectivity index is 1.82. The van der Waals surface area contributed by atoms with Crippen LogP contribution in [0.25, 0.3) is 0 Å². The van der Waals surface area contributed by atoms with Gasteiger partial charge in [0, 0.05) is 38.0 Å². The molecule has 1 aromatic carbocycles. The molecule has 1 aliphatic rings. The minimum Gasteiger partial charge on any atom is -0.378 e. The number of aromatic nitrogens is 1. The van der Waals surface area contributed by atoms with Gasteiger partial charge in [-0.25, -0.2) is 4.98 Å². The van der Waals surface area contributed by atoms with Crippen LogP contribution >= 0.6 is 11.6 Å². The molecule has 9 heteroatoms. The number of pyridine rings is 1. The maximum absolute atomic E-state index is 12.7. The van der Waals surface area contributed by atoms with Gasteiger partial charge in [-0.15, -0.1) is 0 Å². The second kappa shape index (κ2) is 8.11. The number of nitro benzene ring substituents is 1. The van der Waals surface area contributed by atoms with Crippen LogP contribution in [0.15, 0.2) is 36.5 Å². The van der Waals surface area contributed by atoms with Crippen LogP contribution in [-0.4, -0.2) is 42.1 Å². The third kappa shape index (κ3) is 4.27. The van der Waals surface area contributed by atoms with Gasteiger partial charge in [0.2, 0.25) is 0 Å². The summed E-state index contributed by atoms with van der Waals surface area (Å²) in [6.07, 6.45) is 1.57. The molecule has 1 aliphatic heterocycles. The molecule has 0 radical (unpaired) electrons. The van der Waals surface area contributed by atoms with Crippen LogP contribution in [0, 0.1) is 10.1 Å². The topological polar surface area (TPSA) is 97.6 Å². The van der Waals surface area contributed by atoms with E-state index < -0.39 is 4.92 Å². The molecule has 0 spiro atoms. The third-order valence-electron chi connectivity index (χ3n) is 4.03. The highest BCUT2D eigenvalue weighted by molar-refractivity contribution is 6.29. The summed E-state index contributed by atoms with van der Waals surface area (Å²) in [6.45, 7) is 2.59. The molecule has 0 unspecified atom stereocenters. The van der Waals surface area contributed by atoms with Crippen molar-refractivity contribution in [2.45, 2.75) is 6.54 Å². The van der Waals surface area contributed by atoms with Crippen molar-refractivity contribution in [2.75, 3.05) is 31.2 Å². The molecule has 0 aliphatic carbocycles. The van der Waals surface area contributed by atoms with E-state index in [2.05, 4.69) is 10.3 Å². The monoisotopic (exact) mass is 376 g/mol. The zero-order valence-electron chi connectivity index (χ0n) is 13.9. The predicted molar refractivity (Wildman–Crippen MR) is 96.5 cm³/mol. The number of nitrogens with zero attached hydrogens (tertiary/aromatic N) is 3. The molecule has 0 saturated carbocycles. The number of carbonyl (C=O) groups is 1. The van der Waals surface area contributed by atoms with E-state index in [1.54, 1.807) is 24.4 Å². The van der Waals surface area contributed by atoms with Crippen molar-refractivity contribution in [3.05, 3.63) is 62.9 Å². The van der Waals surface area contributed by atoms with Crippen LogP contribution in [0.3, 0.4) is 0 Å². The molecule has 1 amide bonds. The fourth-order valence-corrected chi connectivity index (χ4v) is 2.80. The number of amides is 1. The molecule has 1 saturated heterocycles. The van der Waals surface area contributed by atoms with Crippen LogP contribution in [-0.2, 0) is 11.3 Å².